The number of nitrogens with one attached hydrogen (secondary N) is 2. The molecule has 0 spiro atoms. The molecule has 4 N–H and O–H groups in total. The van der Waals surface area contributed by atoms with Crippen molar-refractivity contribution in [2.75, 3.05) is 11.1 Å². The summed E-state index contributed by atoms with van der Waals surface area (Å²) in [6, 6.07) is 8.17. The summed E-state index contributed by atoms with van der Waals surface area (Å²) >= 11 is 0. The van der Waals surface area contributed by atoms with Gasteiger partial charge in [-0.05, 0) is 37.5 Å². The SMILES string of the molecule is C[C@H](Nc1nc(N)c2cnn(-c3cc(C4CC4)[nH]n3)c2n1)c1ccc(F)cc1. The molecule has 0 aliphatic heterocycles. The van der Waals surface area contributed by atoms with Gasteiger partial charge in [-0.3, -0.25) is 5.10 Å². The Labute approximate surface area is 160 Å². The summed E-state index contributed by atoms with van der Waals surface area (Å²) in [4.78, 5) is 8.93. The largest absolute Gasteiger partial charge is 0.383 e. The van der Waals surface area contributed by atoms with Crippen molar-refractivity contribution in [1.29, 1.82) is 0 Å². The number of fused-ring (bicyclic) bond motifs is 1. The first-order chi connectivity index (χ1) is 13.6. The number of nitrogens with zero attached hydrogens (tertiary/aromatic N) is 5. The van der Waals surface area contributed by atoms with E-state index in [9.17, 15) is 4.39 Å². The Balaban J connectivity index is 1.48. The third kappa shape index (κ3) is 2.94. The quantitative estimate of drug-likeness (QED) is 0.491. The molecule has 1 saturated carbocycles. The highest BCUT2D eigenvalue weighted by Crippen LogP contribution is 2.39. The highest BCUT2D eigenvalue weighted by atomic mass is 19.1. The van der Waals surface area contributed by atoms with Crippen LogP contribution in [0.15, 0.2) is 36.5 Å². The van der Waals surface area contributed by atoms with Crippen LogP contribution < -0.4 is 11.1 Å². The lowest BCUT2D eigenvalue weighted by Gasteiger charge is -2.14. The van der Waals surface area contributed by atoms with E-state index in [1.165, 1.54) is 25.0 Å². The first kappa shape index (κ1) is 16.7. The van der Waals surface area contributed by atoms with Crippen LogP contribution in [0.4, 0.5) is 16.2 Å². The highest BCUT2D eigenvalue weighted by Gasteiger charge is 2.26. The molecule has 0 radical (unpaired) electrons. The van der Waals surface area contributed by atoms with Gasteiger partial charge in [0.15, 0.2) is 11.5 Å². The van der Waals surface area contributed by atoms with Crippen LogP contribution in [0, 0.1) is 5.82 Å². The van der Waals surface area contributed by atoms with Gasteiger partial charge in [-0.25, -0.2) is 4.39 Å². The number of aromatic amines is 1. The predicted octanol–water partition coefficient (Wildman–Crippen LogP) is 3.31. The van der Waals surface area contributed by atoms with Crippen LogP contribution in [0.3, 0.4) is 0 Å². The van der Waals surface area contributed by atoms with E-state index in [-0.39, 0.29) is 11.9 Å². The molecule has 1 aliphatic carbocycles. The number of hydrogen-bond acceptors (Lipinski definition) is 6. The topological polar surface area (TPSA) is 110 Å². The average molecular weight is 378 g/mol. The van der Waals surface area contributed by atoms with Gasteiger partial charge in [0.25, 0.3) is 0 Å². The number of hydrogen-bond donors (Lipinski definition) is 3. The Bertz CT molecular complexity index is 1140. The molecular weight excluding hydrogens is 359 g/mol. The molecule has 8 nitrogen and oxygen atoms in total. The molecule has 0 unspecified atom stereocenters. The number of benzene rings is 1. The fraction of sp³-hybridized carbons (Fsp3) is 0.263. The van der Waals surface area contributed by atoms with Gasteiger partial charge in [0.1, 0.15) is 11.6 Å². The molecule has 0 amide bonds. The maximum Gasteiger partial charge on any atom is 0.227 e. The van der Waals surface area contributed by atoms with Gasteiger partial charge in [-0.1, -0.05) is 12.1 Å². The minimum absolute atomic E-state index is 0.124. The first-order valence-corrected chi connectivity index (χ1v) is 9.17. The second-order valence-corrected chi connectivity index (χ2v) is 7.10. The Kier molecular flexibility index (Phi) is 3.75. The molecule has 1 aliphatic rings. The van der Waals surface area contributed by atoms with Crippen molar-refractivity contribution < 1.29 is 4.39 Å². The molecule has 28 heavy (non-hydrogen) atoms. The standard InChI is InChI=1S/C19H19FN8/c1-10(11-4-6-13(20)7-5-11)23-19-24-17(21)14-9-22-28(18(14)25-19)16-8-15(26-27-16)12-2-3-12/h4-10,12H,2-3H2,1H3,(H,26,27)(H3,21,23,24,25)/t10-/m0/s1. The second-order valence-electron chi connectivity index (χ2n) is 7.10. The summed E-state index contributed by atoms with van der Waals surface area (Å²) in [6.07, 6.45) is 4.02. The molecule has 4 aromatic rings. The number of H-pyrrole nitrogens is 1. The van der Waals surface area contributed by atoms with E-state index >= 15 is 0 Å². The van der Waals surface area contributed by atoms with Gasteiger partial charge in [0.2, 0.25) is 5.95 Å². The van der Waals surface area contributed by atoms with E-state index in [2.05, 4.69) is 30.6 Å². The molecule has 0 saturated heterocycles. The Morgan fingerprint density at radius 1 is 1.25 bits per heavy atom. The molecule has 1 atom stereocenters. The minimum Gasteiger partial charge on any atom is -0.383 e. The number of halogens is 1. The molecule has 5 rings (SSSR count). The Hall–Kier alpha value is -3.49. The third-order valence-electron chi connectivity index (χ3n) is 4.99. The lowest BCUT2D eigenvalue weighted by molar-refractivity contribution is 0.626. The third-order valence-corrected chi connectivity index (χ3v) is 4.99. The summed E-state index contributed by atoms with van der Waals surface area (Å²) < 4.78 is 14.8. The smallest absolute Gasteiger partial charge is 0.227 e. The van der Waals surface area contributed by atoms with E-state index in [1.807, 2.05) is 13.0 Å². The van der Waals surface area contributed by atoms with Gasteiger partial charge in [-0.15, -0.1) is 0 Å². The molecule has 3 aromatic heterocycles. The minimum atomic E-state index is -0.272. The fourth-order valence-corrected chi connectivity index (χ4v) is 3.23. The van der Waals surface area contributed by atoms with Crippen molar-refractivity contribution in [3.63, 3.8) is 0 Å². The number of nitrogen functional groups attached to an aromatic ring is 1. The van der Waals surface area contributed by atoms with E-state index < -0.39 is 0 Å². The number of rotatable bonds is 5. The van der Waals surface area contributed by atoms with Gasteiger partial charge >= 0.3 is 0 Å². The zero-order valence-corrected chi connectivity index (χ0v) is 15.2. The maximum absolute atomic E-state index is 13.2. The first-order valence-electron chi connectivity index (χ1n) is 9.17. The molecule has 1 aromatic carbocycles. The normalized spacial score (nSPS) is 15.1. The van der Waals surface area contributed by atoms with Crippen LogP contribution in [-0.4, -0.2) is 29.9 Å². The second kappa shape index (κ2) is 6.29. The lowest BCUT2D eigenvalue weighted by atomic mass is 10.1. The van der Waals surface area contributed by atoms with Crippen LogP contribution in [0.5, 0.6) is 0 Å². The van der Waals surface area contributed by atoms with E-state index in [0.29, 0.717) is 34.5 Å². The molecule has 0 bridgehead atoms. The summed E-state index contributed by atoms with van der Waals surface area (Å²) in [5.74, 6) is 1.68. The van der Waals surface area contributed by atoms with E-state index in [4.69, 9.17) is 5.73 Å². The average Bonchev–Trinajstić information content (AvgIpc) is 3.25. The number of nitrogens with two attached hydrogens (primary N) is 1. The van der Waals surface area contributed by atoms with Crippen LogP contribution >= 0.6 is 0 Å². The van der Waals surface area contributed by atoms with E-state index in [1.54, 1.807) is 23.0 Å². The fourth-order valence-electron chi connectivity index (χ4n) is 3.23. The van der Waals surface area contributed by atoms with Crippen molar-refractivity contribution >= 4 is 22.8 Å². The van der Waals surface area contributed by atoms with Crippen molar-refractivity contribution in [2.45, 2.75) is 31.7 Å². The summed E-state index contributed by atoms with van der Waals surface area (Å²) in [5, 5.41) is 15.7. The number of aromatic nitrogens is 6. The lowest BCUT2D eigenvalue weighted by Crippen LogP contribution is -2.11. The maximum atomic E-state index is 13.2. The molecular formula is C19H19FN8. The summed E-state index contributed by atoms with van der Waals surface area (Å²) in [7, 11) is 0. The Morgan fingerprint density at radius 3 is 2.79 bits per heavy atom. The Morgan fingerprint density at radius 2 is 2.04 bits per heavy atom. The molecule has 9 heteroatoms. The number of anilines is 2. The van der Waals surface area contributed by atoms with E-state index in [0.717, 1.165) is 11.3 Å². The van der Waals surface area contributed by atoms with Crippen LogP contribution in [0.1, 0.15) is 43.0 Å². The van der Waals surface area contributed by atoms with Crippen LogP contribution in [-0.2, 0) is 0 Å². The molecule has 1 fully saturated rings. The van der Waals surface area contributed by atoms with Crippen LogP contribution in [0.25, 0.3) is 16.9 Å². The zero-order valence-electron chi connectivity index (χ0n) is 15.2. The monoisotopic (exact) mass is 378 g/mol. The van der Waals surface area contributed by atoms with Crippen molar-refractivity contribution in [3.8, 4) is 5.82 Å². The van der Waals surface area contributed by atoms with Crippen molar-refractivity contribution in [2.24, 2.45) is 0 Å². The van der Waals surface area contributed by atoms with Gasteiger partial charge in [0, 0.05) is 17.7 Å². The van der Waals surface area contributed by atoms with Crippen molar-refractivity contribution in [1.82, 2.24) is 29.9 Å². The summed E-state index contributed by atoms with van der Waals surface area (Å²) in [6.45, 7) is 1.95. The van der Waals surface area contributed by atoms with Crippen LogP contribution in [0.2, 0.25) is 0 Å². The molecule has 3 heterocycles. The van der Waals surface area contributed by atoms with Gasteiger partial charge in [0.05, 0.1) is 17.6 Å². The summed E-state index contributed by atoms with van der Waals surface area (Å²) in [5.41, 5.74) is 8.73. The van der Waals surface area contributed by atoms with Gasteiger partial charge in [-0.2, -0.15) is 24.8 Å². The zero-order chi connectivity index (χ0) is 19.3. The molecule has 142 valence electrons. The predicted molar refractivity (Wildman–Crippen MR) is 104 cm³/mol. The highest BCUT2D eigenvalue weighted by molar-refractivity contribution is 5.87. The van der Waals surface area contributed by atoms with Gasteiger partial charge < -0.3 is 11.1 Å². The van der Waals surface area contributed by atoms with Crippen molar-refractivity contribution in [3.05, 3.63) is 53.6 Å².